The zero-order chi connectivity index (χ0) is 25.9. The van der Waals surface area contributed by atoms with Gasteiger partial charge in [-0.05, 0) is 66.0 Å². The molecule has 0 aliphatic carbocycles. The van der Waals surface area contributed by atoms with Gasteiger partial charge in [-0.25, -0.2) is 9.97 Å². The van der Waals surface area contributed by atoms with Crippen LogP contribution in [0.4, 0.5) is 0 Å². The van der Waals surface area contributed by atoms with Gasteiger partial charge in [0.25, 0.3) is 0 Å². The lowest BCUT2D eigenvalue weighted by atomic mass is 9.87. The fourth-order valence-corrected chi connectivity index (χ4v) is 5.57. The molecule has 0 spiro atoms. The maximum absolute atomic E-state index is 4.72. The van der Waals surface area contributed by atoms with E-state index in [1.807, 2.05) is 12.4 Å². The lowest BCUT2D eigenvalue weighted by Crippen LogP contribution is -2.04. The van der Waals surface area contributed by atoms with E-state index in [2.05, 4.69) is 103 Å². The summed E-state index contributed by atoms with van der Waals surface area (Å²) < 4.78 is 1.05. The van der Waals surface area contributed by atoms with Crippen LogP contribution in [0.1, 0.15) is 81.4 Å². The third kappa shape index (κ3) is 7.85. The van der Waals surface area contributed by atoms with Crippen LogP contribution in [-0.2, 0) is 12.8 Å². The number of hydrogen-bond acceptors (Lipinski definition) is 2. The van der Waals surface area contributed by atoms with Gasteiger partial charge in [-0.15, -0.1) is 0 Å². The number of aryl methyl sites for hydroxylation is 1. The van der Waals surface area contributed by atoms with Crippen LogP contribution in [0.25, 0.3) is 22.5 Å². The zero-order valence-corrected chi connectivity index (χ0v) is 23.9. The molecule has 0 saturated heterocycles. The lowest BCUT2D eigenvalue weighted by Gasteiger charge is -2.18. The van der Waals surface area contributed by atoms with Crippen LogP contribution in [0.3, 0.4) is 0 Å². The molecule has 2 nitrogen and oxygen atoms in total. The van der Waals surface area contributed by atoms with Gasteiger partial charge in [0.05, 0.1) is 0 Å². The van der Waals surface area contributed by atoms with Crippen LogP contribution in [-0.4, -0.2) is 9.97 Å². The number of hydrogen-bond donors (Lipinski definition) is 0. The maximum atomic E-state index is 4.72. The van der Waals surface area contributed by atoms with Crippen LogP contribution in [0.15, 0.2) is 89.7 Å². The van der Waals surface area contributed by atoms with Gasteiger partial charge in [-0.2, -0.15) is 0 Å². The SMILES string of the molecule is CCCCCc1ccc(-c2cnc(-c3ccc(CC(CCCCC)c4ccccc4)cc3Br)nc2)cc1. The summed E-state index contributed by atoms with van der Waals surface area (Å²) in [5, 5.41) is 0. The van der Waals surface area contributed by atoms with E-state index in [0.717, 1.165) is 39.8 Å². The third-order valence-electron chi connectivity index (χ3n) is 7.19. The summed E-state index contributed by atoms with van der Waals surface area (Å²) in [5.41, 5.74) is 7.43. The van der Waals surface area contributed by atoms with Crippen molar-refractivity contribution in [3.63, 3.8) is 0 Å². The molecule has 0 aliphatic heterocycles. The van der Waals surface area contributed by atoms with Gasteiger partial charge in [0.2, 0.25) is 0 Å². The Morgan fingerprint density at radius 2 is 1.38 bits per heavy atom. The first-order chi connectivity index (χ1) is 18.2. The minimum absolute atomic E-state index is 0.541. The summed E-state index contributed by atoms with van der Waals surface area (Å²) in [6.45, 7) is 4.52. The summed E-state index contributed by atoms with van der Waals surface area (Å²) in [6.07, 6.45) is 14.9. The zero-order valence-electron chi connectivity index (χ0n) is 22.3. The van der Waals surface area contributed by atoms with Crippen molar-refractivity contribution in [1.82, 2.24) is 9.97 Å². The molecule has 0 bridgehead atoms. The van der Waals surface area contributed by atoms with E-state index in [0.29, 0.717) is 5.92 Å². The monoisotopic (exact) mass is 554 g/mol. The molecule has 4 aromatic rings. The van der Waals surface area contributed by atoms with Crippen LogP contribution >= 0.6 is 15.9 Å². The number of benzene rings is 3. The molecule has 192 valence electrons. The van der Waals surface area contributed by atoms with Gasteiger partial charge in [-0.1, -0.05) is 123 Å². The highest BCUT2D eigenvalue weighted by Crippen LogP contribution is 2.32. The minimum Gasteiger partial charge on any atom is -0.236 e. The Bertz CT molecular complexity index is 1220. The van der Waals surface area contributed by atoms with E-state index in [4.69, 9.17) is 9.97 Å². The smallest absolute Gasteiger partial charge is 0.160 e. The Morgan fingerprint density at radius 1 is 0.703 bits per heavy atom. The Morgan fingerprint density at radius 3 is 2.05 bits per heavy atom. The van der Waals surface area contributed by atoms with Gasteiger partial charge in [0, 0.05) is 28.0 Å². The highest BCUT2D eigenvalue weighted by molar-refractivity contribution is 9.10. The molecular weight excluding hydrogens is 516 g/mol. The number of nitrogens with zero attached hydrogens (tertiary/aromatic N) is 2. The van der Waals surface area contributed by atoms with Crippen molar-refractivity contribution in [3.05, 3.63) is 106 Å². The molecule has 0 N–H and O–H groups in total. The quantitative estimate of drug-likeness (QED) is 0.153. The second kappa shape index (κ2) is 14.2. The molecule has 0 amide bonds. The highest BCUT2D eigenvalue weighted by atomic mass is 79.9. The molecule has 37 heavy (non-hydrogen) atoms. The van der Waals surface area contributed by atoms with Gasteiger partial charge < -0.3 is 0 Å². The van der Waals surface area contributed by atoms with E-state index in [9.17, 15) is 0 Å². The molecule has 0 radical (unpaired) electrons. The number of unbranched alkanes of at least 4 members (excludes halogenated alkanes) is 4. The van der Waals surface area contributed by atoms with Crippen LogP contribution in [0.2, 0.25) is 0 Å². The number of halogens is 1. The molecule has 3 aromatic carbocycles. The molecule has 3 heteroatoms. The summed E-state index contributed by atoms with van der Waals surface area (Å²) >= 11 is 3.81. The lowest BCUT2D eigenvalue weighted by molar-refractivity contribution is 0.563. The largest absolute Gasteiger partial charge is 0.236 e. The van der Waals surface area contributed by atoms with Gasteiger partial charge in [-0.3, -0.25) is 0 Å². The van der Waals surface area contributed by atoms with E-state index in [-0.39, 0.29) is 0 Å². The number of rotatable bonds is 13. The van der Waals surface area contributed by atoms with E-state index >= 15 is 0 Å². The highest BCUT2D eigenvalue weighted by Gasteiger charge is 2.14. The summed E-state index contributed by atoms with van der Waals surface area (Å²) in [6, 6.07) is 26.5. The molecule has 0 aliphatic rings. The minimum atomic E-state index is 0.541. The van der Waals surface area contributed by atoms with Crippen LogP contribution in [0, 0.1) is 0 Å². The second-order valence-electron chi connectivity index (χ2n) is 10.1. The summed E-state index contributed by atoms with van der Waals surface area (Å²) in [5.74, 6) is 1.29. The molecule has 1 unspecified atom stereocenters. The first kappa shape index (κ1) is 27.3. The fraction of sp³-hybridized carbons (Fsp3) is 0.353. The van der Waals surface area contributed by atoms with Crippen molar-refractivity contribution < 1.29 is 0 Å². The first-order valence-corrected chi connectivity index (χ1v) is 14.7. The van der Waals surface area contributed by atoms with Crippen LogP contribution < -0.4 is 0 Å². The topological polar surface area (TPSA) is 25.8 Å². The fourth-order valence-electron chi connectivity index (χ4n) is 4.96. The van der Waals surface area contributed by atoms with Gasteiger partial charge in [0.1, 0.15) is 0 Å². The standard InChI is InChI=1S/C34H39BrN2/c1-3-5-8-12-26-16-19-29(20-17-26)31-24-36-34(37-25-31)32-21-18-27(23-33(32)35)22-30(15-9-6-4-2)28-13-10-7-11-14-28/h7,10-11,13-14,16-21,23-25,30H,3-6,8-9,12,15,22H2,1-2H3. The molecule has 1 aromatic heterocycles. The van der Waals surface area contributed by atoms with Crippen molar-refractivity contribution >= 4 is 15.9 Å². The van der Waals surface area contributed by atoms with Crippen LogP contribution in [0.5, 0.6) is 0 Å². The molecular formula is C34H39BrN2. The molecule has 1 atom stereocenters. The van der Waals surface area contributed by atoms with E-state index in [1.165, 1.54) is 61.6 Å². The Kier molecular flexibility index (Phi) is 10.5. The van der Waals surface area contributed by atoms with Crippen molar-refractivity contribution in [1.29, 1.82) is 0 Å². The average Bonchev–Trinajstić information content (AvgIpc) is 2.94. The predicted molar refractivity (Wildman–Crippen MR) is 161 cm³/mol. The average molecular weight is 556 g/mol. The molecule has 0 saturated carbocycles. The maximum Gasteiger partial charge on any atom is 0.160 e. The van der Waals surface area contributed by atoms with Gasteiger partial charge in [0.15, 0.2) is 5.82 Å². The van der Waals surface area contributed by atoms with E-state index < -0.39 is 0 Å². The van der Waals surface area contributed by atoms with Crippen molar-refractivity contribution in [2.45, 2.75) is 77.6 Å². The first-order valence-electron chi connectivity index (χ1n) is 13.9. The molecule has 1 heterocycles. The molecule has 0 fully saturated rings. The van der Waals surface area contributed by atoms with Gasteiger partial charge >= 0.3 is 0 Å². The Hall–Kier alpha value is -2.78. The molecule has 4 rings (SSSR count). The second-order valence-corrected chi connectivity index (χ2v) is 10.9. The van der Waals surface area contributed by atoms with E-state index in [1.54, 1.807) is 0 Å². The normalized spacial score (nSPS) is 12.0. The van der Waals surface area contributed by atoms with Crippen molar-refractivity contribution in [2.24, 2.45) is 0 Å². The Balaban J connectivity index is 1.45. The summed E-state index contributed by atoms with van der Waals surface area (Å²) in [4.78, 5) is 9.43. The Labute approximate surface area is 231 Å². The predicted octanol–water partition coefficient (Wildman–Crippen LogP) is 10.2. The summed E-state index contributed by atoms with van der Waals surface area (Å²) in [7, 11) is 0. The van der Waals surface area contributed by atoms with Crippen molar-refractivity contribution in [3.8, 4) is 22.5 Å². The third-order valence-corrected chi connectivity index (χ3v) is 7.85. The number of aromatic nitrogens is 2. The van der Waals surface area contributed by atoms with Crippen molar-refractivity contribution in [2.75, 3.05) is 0 Å².